The molecular formula is C27H24ClF3N2O5S. The van der Waals surface area contributed by atoms with E-state index in [9.17, 15) is 31.5 Å². The van der Waals surface area contributed by atoms with Crippen molar-refractivity contribution in [1.82, 2.24) is 4.98 Å². The predicted octanol–water partition coefficient (Wildman–Crippen LogP) is 4.92. The molecule has 2 aromatic carbocycles. The Hall–Kier alpha value is -2.99. The molecule has 12 heteroatoms. The summed E-state index contributed by atoms with van der Waals surface area (Å²) in [6.45, 7) is 0.202. The number of halogens is 4. The maximum Gasteiger partial charge on any atom is 0.255 e. The van der Waals surface area contributed by atoms with Gasteiger partial charge in [0.15, 0.2) is 27.3 Å². The first-order valence-corrected chi connectivity index (χ1v) is 14.1. The van der Waals surface area contributed by atoms with E-state index in [1.165, 1.54) is 12.1 Å². The fraction of sp³-hybridized carbons (Fsp3) is 0.333. The van der Waals surface area contributed by atoms with E-state index in [0.29, 0.717) is 25.0 Å². The SMILES string of the molecule is O=C(Nc1cc(F)c(F)c(F)c1)c1ccc(Cl)c(S(=O)(=O)[C@H]2C3CC[C@H]2C[C@]3(O)COCc2ccncc2)c1. The van der Waals surface area contributed by atoms with Gasteiger partial charge in [0.05, 0.1) is 34.0 Å². The van der Waals surface area contributed by atoms with E-state index in [0.717, 1.165) is 11.6 Å². The van der Waals surface area contributed by atoms with Crippen LogP contribution in [0.15, 0.2) is 59.8 Å². The van der Waals surface area contributed by atoms with Crippen molar-refractivity contribution in [3.8, 4) is 0 Å². The molecule has 0 spiro atoms. The van der Waals surface area contributed by atoms with Gasteiger partial charge >= 0.3 is 0 Å². The zero-order valence-electron chi connectivity index (χ0n) is 20.4. The predicted molar refractivity (Wildman–Crippen MR) is 136 cm³/mol. The second kappa shape index (κ2) is 10.5. The van der Waals surface area contributed by atoms with E-state index in [4.69, 9.17) is 16.3 Å². The number of pyridine rings is 1. The van der Waals surface area contributed by atoms with Crippen molar-refractivity contribution < 1.29 is 36.2 Å². The number of aromatic nitrogens is 1. The smallest absolute Gasteiger partial charge is 0.255 e. The molecule has 206 valence electrons. The zero-order chi connectivity index (χ0) is 27.9. The third-order valence-corrected chi connectivity index (χ3v) is 10.3. The number of rotatable bonds is 8. The van der Waals surface area contributed by atoms with Crippen molar-refractivity contribution in [1.29, 1.82) is 0 Å². The summed E-state index contributed by atoms with van der Waals surface area (Å²) in [5, 5.41) is 12.6. The van der Waals surface area contributed by atoms with Gasteiger partial charge < -0.3 is 15.2 Å². The van der Waals surface area contributed by atoms with Crippen LogP contribution in [0.4, 0.5) is 18.9 Å². The Labute approximate surface area is 227 Å². The number of sulfone groups is 1. The van der Waals surface area contributed by atoms with Crippen LogP contribution in [0.5, 0.6) is 0 Å². The van der Waals surface area contributed by atoms with Crippen LogP contribution >= 0.6 is 11.6 Å². The number of carbonyl (C=O) groups excluding carboxylic acids is 1. The number of anilines is 1. The lowest BCUT2D eigenvalue weighted by atomic mass is 9.85. The average molecular weight is 581 g/mol. The standard InChI is InChI=1S/C27H24ClF3N2O5S/c28-20-4-2-16(26(34)33-18-10-21(29)24(31)22(30)11-18)9-23(20)39(36,37)25-17-1-3-19(25)27(35,12-17)14-38-13-15-5-7-32-8-6-15/h2,4-11,17,19,25,35H,1,3,12-14H2,(H,33,34)/t17-,19?,25+,27-/m0/s1. The van der Waals surface area contributed by atoms with Crippen LogP contribution in [-0.4, -0.2) is 41.9 Å². The Bertz CT molecular complexity index is 1500. The van der Waals surface area contributed by atoms with Gasteiger partial charge in [-0.1, -0.05) is 11.6 Å². The molecule has 4 atom stereocenters. The van der Waals surface area contributed by atoms with E-state index in [-0.39, 0.29) is 46.7 Å². The van der Waals surface area contributed by atoms with Crippen molar-refractivity contribution >= 4 is 33.0 Å². The third-order valence-electron chi connectivity index (χ3n) is 7.49. The molecule has 0 saturated heterocycles. The summed E-state index contributed by atoms with van der Waals surface area (Å²) in [4.78, 5) is 16.4. The molecule has 1 aromatic heterocycles. The summed E-state index contributed by atoms with van der Waals surface area (Å²) >= 11 is 6.28. The average Bonchev–Trinajstić information content (AvgIpc) is 3.44. The maximum absolute atomic E-state index is 13.8. The minimum Gasteiger partial charge on any atom is -0.387 e. The highest BCUT2D eigenvalue weighted by molar-refractivity contribution is 7.92. The van der Waals surface area contributed by atoms with Gasteiger partial charge in [-0.15, -0.1) is 0 Å². The number of hydrogen-bond donors (Lipinski definition) is 2. The molecular weight excluding hydrogens is 557 g/mol. The molecule has 3 aromatic rings. The molecule has 39 heavy (non-hydrogen) atoms. The normalized spacial score (nSPS) is 24.2. The van der Waals surface area contributed by atoms with E-state index in [1.807, 2.05) is 0 Å². The highest BCUT2D eigenvalue weighted by Crippen LogP contribution is 2.55. The number of nitrogens with one attached hydrogen (secondary N) is 1. The van der Waals surface area contributed by atoms with Crippen molar-refractivity contribution in [2.24, 2.45) is 11.8 Å². The van der Waals surface area contributed by atoms with Crippen LogP contribution in [-0.2, 0) is 21.2 Å². The lowest BCUT2D eigenvalue weighted by Crippen LogP contribution is -2.42. The van der Waals surface area contributed by atoms with Gasteiger partial charge in [0.25, 0.3) is 5.91 Å². The number of benzene rings is 2. The van der Waals surface area contributed by atoms with Crippen LogP contribution in [0, 0.1) is 29.3 Å². The van der Waals surface area contributed by atoms with Crippen LogP contribution in [0.3, 0.4) is 0 Å². The lowest BCUT2D eigenvalue weighted by Gasteiger charge is -2.32. The van der Waals surface area contributed by atoms with E-state index < -0.39 is 50.0 Å². The monoisotopic (exact) mass is 580 g/mol. The van der Waals surface area contributed by atoms with E-state index >= 15 is 0 Å². The number of ether oxygens (including phenoxy) is 1. The summed E-state index contributed by atoms with van der Waals surface area (Å²) in [6.07, 6.45) is 4.60. The molecule has 0 aliphatic heterocycles. The summed E-state index contributed by atoms with van der Waals surface area (Å²) < 4.78 is 73.8. The third kappa shape index (κ3) is 5.28. The highest BCUT2D eigenvalue weighted by atomic mass is 35.5. The van der Waals surface area contributed by atoms with Gasteiger partial charge in [-0.3, -0.25) is 9.78 Å². The molecule has 2 N–H and O–H groups in total. The van der Waals surface area contributed by atoms with Gasteiger partial charge in [0.1, 0.15) is 0 Å². The maximum atomic E-state index is 13.8. The van der Waals surface area contributed by atoms with Gasteiger partial charge in [0.2, 0.25) is 0 Å². The summed E-state index contributed by atoms with van der Waals surface area (Å²) in [7, 11) is -4.11. The molecule has 5 rings (SSSR count). The number of carbonyl (C=O) groups is 1. The molecule has 2 aliphatic carbocycles. The van der Waals surface area contributed by atoms with E-state index in [1.54, 1.807) is 24.5 Å². The number of fused-ring (bicyclic) bond motifs is 2. The van der Waals surface area contributed by atoms with Crippen LogP contribution in [0.2, 0.25) is 5.02 Å². The minimum atomic E-state index is -4.11. The molecule has 2 fully saturated rings. The second-order valence-corrected chi connectivity index (χ2v) is 12.4. The molecule has 0 radical (unpaired) electrons. The Morgan fingerprint density at radius 2 is 1.79 bits per heavy atom. The number of amides is 1. The number of hydrogen-bond acceptors (Lipinski definition) is 6. The molecule has 2 saturated carbocycles. The zero-order valence-corrected chi connectivity index (χ0v) is 22.0. The topological polar surface area (TPSA) is 106 Å². The van der Waals surface area contributed by atoms with Gasteiger partial charge in [-0.2, -0.15) is 0 Å². The van der Waals surface area contributed by atoms with Crippen LogP contribution in [0.1, 0.15) is 35.2 Å². The van der Waals surface area contributed by atoms with Gasteiger partial charge in [-0.05, 0) is 61.1 Å². The van der Waals surface area contributed by atoms with Gasteiger partial charge in [0, 0.05) is 41.7 Å². The summed E-state index contributed by atoms with van der Waals surface area (Å²) in [5.41, 5.74) is -0.953. The van der Waals surface area contributed by atoms with Crippen molar-refractivity contribution in [2.75, 3.05) is 11.9 Å². The van der Waals surface area contributed by atoms with Crippen LogP contribution in [0.25, 0.3) is 0 Å². The fourth-order valence-electron chi connectivity index (χ4n) is 5.75. The molecule has 1 amide bonds. The number of aliphatic hydroxyl groups is 1. The molecule has 1 heterocycles. The highest BCUT2D eigenvalue weighted by Gasteiger charge is 2.61. The van der Waals surface area contributed by atoms with Crippen molar-refractivity contribution in [2.45, 2.75) is 41.6 Å². The van der Waals surface area contributed by atoms with Crippen LogP contribution < -0.4 is 5.32 Å². The first kappa shape index (κ1) is 27.6. The second-order valence-electron chi connectivity index (χ2n) is 9.96. The summed E-state index contributed by atoms with van der Waals surface area (Å²) in [5.74, 6) is -6.44. The molecule has 2 aliphatic rings. The first-order valence-electron chi connectivity index (χ1n) is 12.2. The summed E-state index contributed by atoms with van der Waals surface area (Å²) in [6, 6.07) is 8.39. The molecule has 7 nitrogen and oxygen atoms in total. The van der Waals surface area contributed by atoms with Gasteiger partial charge in [-0.25, -0.2) is 21.6 Å². The quantitative estimate of drug-likeness (QED) is 0.366. The number of nitrogens with zero attached hydrogens (tertiary/aromatic N) is 1. The van der Waals surface area contributed by atoms with E-state index in [2.05, 4.69) is 10.3 Å². The Morgan fingerprint density at radius 1 is 1.10 bits per heavy atom. The Kier molecular flexibility index (Phi) is 7.45. The molecule has 1 unspecified atom stereocenters. The van der Waals surface area contributed by atoms with Crippen molar-refractivity contribution in [3.63, 3.8) is 0 Å². The lowest BCUT2D eigenvalue weighted by molar-refractivity contribution is -0.0846. The first-order chi connectivity index (χ1) is 18.5. The molecule has 2 bridgehead atoms. The minimum absolute atomic E-state index is 0.0382. The Balaban J connectivity index is 1.35. The fourth-order valence-corrected chi connectivity index (χ4v) is 8.67. The van der Waals surface area contributed by atoms with Crippen molar-refractivity contribution in [3.05, 3.63) is 88.5 Å². The Morgan fingerprint density at radius 3 is 2.49 bits per heavy atom. The largest absolute Gasteiger partial charge is 0.387 e.